The lowest BCUT2D eigenvalue weighted by molar-refractivity contribution is 0.183. The number of hydrogen-bond donors (Lipinski definition) is 0. The summed E-state index contributed by atoms with van der Waals surface area (Å²) in [5.41, 5.74) is 0.541. The van der Waals surface area contributed by atoms with Gasteiger partial charge in [0, 0.05) is 0 Å². The Kier molecular flexibility index (Phi) is 6.48. The molecule has 0 aliphatic heterocycles. The lowest BCUT2D eigenvalue weighted by Gasteiger charge is -2.32. The van der Waals surface area contributed by atoms with Gasteiger partial charge in [-0.3, -0.25) is 0 Å². The highest BCUT2D eigenvalue weighted by molar-refractivity contribution is 4.75. The van der Waals surface area contributed by atoms with E-state index in [9.17, 15) is 0 Å². The SMILES string of the molecule is CCCC(C)C(C)(C)CCC(C)CC. The van der Waals surface area contributed by atoms with Crippen LogP contribution in [0.4, 0.5) is 0 Å². The van der Waals surface area contributed by atoms with E-state index in [1.54, 1.807) is 0 Å². The van der Waals surface area contributed by atoms with Crippen LogP contribution in [0.3, 0.4) is 0 Å². The Morgan fingerprint density at radius 1 is 1.00 bits per heavy atom. The van der Waals surface area contributed by atoms with Crippen LogP contribution in [0.2, 0.25) is 0 Å². The van der Waals surface area contributed by atoms with Gasteiger partial charge in [0.25, 0.3) is 0 Å². The Morgan fingerprint density at radius 3 is 2.00 bits per heavy atom. The minimum Gasteiger partial charge on any atom is -0.0654 e. The third-order valence-corrected chi connectivity index (χ3v) is 4.03. The Bertz CT molecular complexity index is 135. The van der Waals surface area contributed by atoms with Gasteiger partial charge in [-0.2, -0.15) is 0 Å². The summed E-state index contributed by atoms with van der Waals surface area (Å²) in [4.78, 5) is 0. The lowest BCUT2D eigenvalue weighted by Crippen LogP contribution is -2.22. The summed E-state index contributed by atoms with van der Waals surface area (Å²) < 4.78 is 0. The molecule has 0 spiro atoms. The first-order valence-corrected chi connectivity index (χ1v) is 6.44. The van der Waals surface area contributed by atoms with E-state index >= 15 is 0 Å². The second-order valence-electron chi connectivity index (χ2n) is 5.73. The van der Waals surface area contributed by atoms with Crippen LogP contribution in [0.15, 0.2) is 0 Å². The van der Waals surface area contributed by atoms with Crippen molar-refractivity contribution in [2.45, 2.75) is 73.6 Å². The molecule has 86 valence electrons. The summed E-state index contributed by atoms with van der Waals surface area (Å²) in [6.45, 7) is 14.3. The van der Waals surface area contributed by atoms with Gasteiger partial charge in [-0.1, -0.05) is 67.2 Å². The highest BCUT2D eigenvalue weighted by Crippen LogP contribution is 2.36. The third-order valence-electron chi connectivity index (χ3n) is 4.03. The van der Waals surface area contributed by atoms with E-state index < -0.39 is 0 Å². The maximum Gasteiger partial charge on any atom is -0.0328 e. The first-order valence-electron chi connectivity index (χ1n) is 6.44. The van der Waals surface area contributed by atoms with Crippen molar-refractivity contribution in [3.63, 3.8) is 0 Å². The molecule has 0 aliphatic rings. The van der Waals surface area contributed by atoms with E-state index in [1.807, 2.05) is 0 Å². The monoisotopic (exact) mass is 198 g/mol. The van der Waals surface area contributed by atoms with Crippen molar-refractivity contribution in [2.24, 2.45) is 17.3 Å². The van der Waals surface area contributed by atoms with Crippen LogP contribution >= 0.6 is 0 Å². The second-order valence-corrected chi connectivity index (χ2v) is 5.73. The van der Waals surface area contributed by atoms with Crippen molar-refractivity contribution in [2.75, 3.05) is 0 Å². The lowest BCUT2D eigenvalue weighted by atomic mass is 9.73. The van der Waals surface area contributed by atoms with Crippen LogP contribution in [0, 0.1) is 17.3 Å². The van der Waals surface area contributed by atoms with Gasteiger partial charge >= 0.3 is 0 Å². The molecule has 2 unspecified atom stereocenters. The van der Waals surface area contributed by atoms with Crippen molar-refractivity contribution in [1.82, 2.24) is 0 Å². The van der Waals surface area contributed by atoms with E-state index in [4.69, 9.17) is 0 Å². The van der Waals surface area contributed by atoms with Crippen molar-refractivity contribution in [3.8, 4) is 0 Å². The van der Waals surface area contributed by atoms with E-state index in [2.05, 4.69) is 41.5 Å². The molecule has 0 amide bonds. The Labute approximate surface area is 91.5 Å². The minimum atomic E-state index is 0.541. The van der Waals surface area contributed by atoms with Gasteiger partial charge in [-0.15, -0.1) is 0 Å². The molecule has 2 atom stereocenters. The number of rotatable bonds is 7. The molecule has 0 heteroatoms. The molecular weight excluding hydrogens is 168 g/mol. The van der Waals surface area contributed by atoms with Gasteiger partial charge in [-0.05, 0) is 23.7 Å². The molecule has 0 fully saturated rings. The predicted molar refractivity (Wildman–Crippen MR) is 66.5 cm³/mol. The van der Waals surface area contributed by atoms with Crippen LogP contribution in [0.1, 0.15) is 73.6 Å². The van der Waals surface area contributed by atoms with Crippen LogP contribution in [-0.2, 0) is 0 Å². The Morgan fingerprint density at radius 2 is 1.57 bits per heavy atom. The molecule has 0 bridgehead atoms. The fourth-order valence-electron chi connectivity index (χ4n) is 1.89. The fourth-order valence-corrected chi connectivity index (χ4v) is 1.89. The normalized spacial score (nSPS) is 16.7. The minimum absolute atomic E-state index is 0.541. The average molecular weight is 198 g/mol. The summed E-state index contributed by atoms with van der Waals surface area (Å²) in [6, 6.07) is 0. The highest BCUT2D eigenvalue weighted by Gasteiger charge is 2.24. The Hall–Kier alpha value is 0. The molecule has 0 aromatic carbocycles. The summed E-state index contributed by atoms with van der Waals surface area (Å²) in [5, 5.41) is 0. The van der Waals surface area contributed by atoms with Crippen LogP contribution in [0.25, 0.3) is 0 Å². The van der Waals surface area contributed by atoms with Crippen LogP contribution < -0.4 is 0 Å². The standard InChI is InChI=1S/C14H30/c1-7-9-13(4)14(5,6)11-10-12(3)8-2/h12-13H,7-11H2,1-6H3. The quantitative estimate of drug-likeness (QED) is 0.522. The van der Waals surface area contributed by atoms with Gasteiger partial charge in [0.15, 0.2) is 0 Å². The number of hydrogen-bond acceptors (Lipinski definition) is 0. The van der Waals surface area contributed by atoms with Crippen molar-refractivity contribution < 1.29 is 0 Å². The fraction of sp³-hybridized carbons (Fsp3) is 1.00. The van der Waals surface area contributed by atoms with E-state index in [-0.39, 0.29) is 0 Å². The molecular formula is C14H30. The maximum absolute atomic E-state index is 2.44. The van der Waals surface area contributed by atoms with E-state index in [0.717, 1.165) is 11.8 Å². The van der Waals surface area contributed by atoms with E-state index in [1.165, 1.54) is 32.1 Å². The zero-order chi connectivity index (χ0) is 11.2. The van der Waals surface area contributed by atoms with Gasteiger partial charge in [0.05, 0.1) is 0 Å². The van der Waals surface area contributed by atoms with Crippen molar-refractivity contribution in [1.29, 1.82) is 0 Å². The van der Waals surface area contributed by atoms with Gasteiger partial charge in [-0.25, -0.2) is 0 Å². The van der Waals surface area contributed by atoms with Gasteiger partial charge < -0.3 is 0 Å². The zero-order valence-corrected chi connectivity index (χ0v) is 11.2. The van der Waals surface area contributed by atoms with Crippen LogP contribution in [0.5, 0.6) is 0 Å². The highest BCUT2D eigenvalue weighted by atomic mass is 14.3. The third kappa shape index (κ3) is 5.02. The topological polar surface area (TPSA) is 0 Å². The molecule has 0 heterocycles. The van der Waals surface area contributed by atoms with Crippen LogP contribution in [-0.4, -0.2) is 0 Å². The van der Waals surface area contributed by atoms with Crippen molar-refractivity contribution >= 4 is 0 Å². The molecule has 0 aromatic rings. The second kappa shape index (κ2) is 6.48. The predicted octanol–water partition coefficient (Wildman–Crippen LogP) is 5.28. The maximum atomic E-state index is 2.44. The zero-order valence-electron chi connectivity index (χ0n) is 11.2. The molecule has 0 radical (unpaired) electrons. The first kappa shape index (κ1) is 14.0. The molecule has 0 N–H and O–H groups in total. The summed E-state index contributed by atoms with van der Waals surface area (Å²) in [7, 11) is 0. The van der Waals surface area contributed by atoms with Gasteiger partial charge in [0.1, 0.15) is 0 Å². The summed E-state index contributed by atoms with van der Waals surface area (Å²) in [5.74, 6) is 1.78. The summed E-state index contributed by atoms with van der Waals surface area (Å²) >= 11 is 0. The molecule has 0 aliphatic carbocycles. The molecule has 0 saturated heterocycles. The molecule has 0 saturated carbocycles. The smallest absolute Gasteiger partial charge is 0.0328 e. The van der Waals surface area contributed by atoms with E-state index in [0.29, 0.717) is 5.41 Å². The van der Waals surface area contributed by atoms with Crippen molar-refractivity contribution in [3.05, 3.63) is 0 Å². The Balaban J connectivity index is 3.92. The first-order chi connectivity index (χ1) is 6.44. The van der Waals surface area contributed by atoms with Gasteiger partial charge in [0.2, 0.25) is 0 Å². The summed E-state index contributed by atoms with van der Waals surface area (Å²) in [6.07, 6.45) is 6.83. The molecule has 0 aromatic heterocycles. The molecule has 0 rings (SSSR count). The molecule has 0 nitrogen and oxygen atoms in total. The largest absolute Gasteiger partial charge is 0.0654 e. The average Bonchev–Trinajstić information content (AvgIpc) is 2.14. The molecule has 14 heavy (non-hydrogen) atoms.